The second-order valence-corrected chi connectivity index (χ2v) is 4.10. The summed E-state index contributed by atoms with van der Waals surface area (Å²) in [4.78, 5) is 11.5. The molecule has 1 unspecified atom stereocenters. The first-order valence-electron chi connectivity index (χ1n) is 5.88. The lowest BCUT2D eigenvalue weighted by atomic mass is 10.0. The van der Waals surface area contributed by atoms with E-state index >= 15 is 0 Å². The van der Waals surface area contributed by atoms with Crippen LogP contribution in [0.2, 0.25) is 0 Å². The van der Waals surface area contributed by atoms with Gasteiger partial charge in [-0.1, -0.05) is 26.7 Å². The van der Waals surface area contributed by atoms with E-state index in [1.54, 1.807) is 0 Å². The number of nitrogens with one attached hydrogen (secondary N) is 2. The molecule has 4 nitrogen and oxygen atoms in total. The molecule has 4 heteroatoms. The number of carbonyl (C=O) groups excluding carboxylic acids is 1. The lowest BCUT2D eigenvalue weighted by molar-refractivity contribution is 0.188. The van der Waals surface area contributed by atoms with Gasteiger partial charge in [0, 0.05) is 13.2 Å². The molecule has 0 bridgehead atoms. The Labute approximate surface area is 91.8 Å². The maximum Gasteiger partial charge on any atom is 0.315 e. The third-order valence-corrected chi connectivity index (χ3v) is 2.97. The maximum atomic E-state index is 11.5. The normalized spacial score (nSPS) is 20.6. The van der Waals surface area contributed by atoms with Gasteiger partial charge >= 0.3 is 6.03 Å². The first-order valence-corrected chi connectivity index (χ1v) is 5.88. The summed E-state index contributed by atoms with van der Waals surface area (Å²) in [5.41, 5.74) is 0. The Morgan fingerprint density at radius 3 is 2.73 bits per heavy atom. The van der Waals surface area contributed by atoms with Crippen molar-refractivity contribution in [1.82, 2.24) is 10.6 Å². The Bertz CT molecular complexity index is 187. The zero-order valence-corrected chi connectivity index (χ0v) is 9.71. The number of amides is 2. The number of hydrogen-bond acceptors (Lipinski definition) is 2. The minimum atomic E-state index is -0.0580. The zero-order valence-electron chi connectivity index (χ0n) is 9.71. The molecule has 88 valence electrons. The van der Waals surface area contributed by atoms with Crippen LogP contribution in [0.25, 0.3) is 0 Å². The Morgan fingerprint density at radius 2 is 2.20 bits per heavy atom. The number of urea groups is 1. The predicted octanol–water partition coefficient (Wildman–Crippen LogP) is 1.51. The van der Waals surface area contributed by atoms with Crippen molar-refractivity contribution in [3.05, 3.63) is 0 Å². The molecule has 0 spiro atoms. The van der Waals surface area contributed by atoms with Gasteiger partial charge in [-0.2, -0.15) is 0 Å². The van der Waals surface area contributed by atoms with E-state index in [4.69, 9.17) is 4.74 Å². The summed E-state index contributed by atoms with van der Waals surface area (Å²) in [5.74, 6) is 0.593. The predicted molar refractivity (Wildman–Crippen MR) is 59.8 cm³/mol. The van der Waals surface area contributed by atoms with Gasteiger partial charge in [0.25, 0.3) is 0 Å². The molecule has 2 amide bonds. The van der Waals surface area contributed by atoms with Gasteiger partial charge in [0.2, 0.25) is 0 Å². The lowest BCUT2D eigenvalue weighted by Crippen LogP contribution is -2.43. The van der Waals surface area contributed by atoms with Crippen molar-refractivity contribution in [3.63, 3.8) is 0 Å². The third-order valence-electron chi connectivity index (χ3n) is 2.97. The van der Waals surface area contributed by atoms with E-state index in [1.807, 2.05) is 0 Å². The number of hydrogen-bond donors (Lipinski definition) is 2. The van der Waals surface area contributed by atoms with Crippen LogP contribution in [-0.4, -0.2) is 31.8 Å². The van der Waals surface area contributed by atoms with Crippen LogP contribution in [-0.2, 0) is 4.74 Å². The lowest BCUT2D eigenvalue weighted by Gasteiger charge is -2.15. The maximum absolute atomic E-state index is 11.5. The average molecular weight is 214 g/mol. The highest BCUT2D eigenvalue weighted by Crippen LogP contribution is 2.05. The van der Waals surface area contributed by atoms with Crippen molar-refractivity contribution in [3.8, 4) is 0 Å². The van der Waals surface area contributed by atoms with Gasteiger partial charge in [0.15, 0.2) is 0 Å². The van der Waals surface area contributed by atoms with Crippen LogP contribution in [0.4, 0.5) is 4.79 Å². The van der Waals surface area contributed by atoms with Gasteiger partial charge in [0.05, 0.1) is 12.6 Å². The van der Waals surface area contributed by atoms with Crippen LogP contribution < -0.4 is 10.6 Å². The second kappa shape index (κ2) is 6.67. The van der Waals surface area contributed by atoms with Gasteiger partial charge in [-0.3, -0.25) is 0 Å². The van der Waals surface area contributed by atoms with E-state index in [-0.39, 0.29) is 12.1 Å². The van der Waals surface area contributed by atoms with Crippen molar-refractivity contribution < 1.29 is 9.53 Å². The van der Waals surface area contributed by atoms with E-state index in [9.17, 15) is 4.79 Å². The standard InChI is InChI=1S/C11H22N2O2/c1-3-9(4-2)7-12-11(14)13-10-5-6-15-8-10/h9-10H,3-8H2,1-2H3,(H2,12,13,14). The van der Waals surface area contributed by atoms with Crippen LogP contribution in [0, 0.1) is 5.92 Å². The molecule has 1 heterocycles. The van der Waals surface area contributed by atoms with Gasteiger partial charge in [-0.25, -0.2) is 4.79 Å². The Kier molecular flexibility index (Phi) is 5.47. The summed E-state index contributed by atoms with van der Waals surface area (Å²) in [6.45, 7) is 6.49. The quantitative estimate of drug-likeness (QED) is 0.729. The van der Waals surface area contributed by atoms with Crippen molar-refractivity contribution >= 4 is 6.03 Å². The van der Waals surface area contributed by atoms with Gasteiger partial charge < -0.3 is 15.4 Å². The van der Waals surface area contributed by atoms with E-state index in [1.165, 1.54) is 0 Å². The van der Waals surface area contributed by atoms with E-state index < -0.39 is 0 Å². The summed E-state index contributed by atoms with van der Waals surface area (Å²) in [6, 6.07) is 0.143. The highest BCUT2D eigenvalue weighted by molar-refractivity contribution is 5.74. The van der Waals surface area contributed by atoms with Crippen LogP contribution in [0.1, 0.15) is 33.1 Å². The summed E-state index contributed by atoms with van der Waals surface area (Å²) < 4.78 is 5.18. The molecule has 0 saturated carbocycles. The number of rotatable bonds is 5. The molecule has 1 aliphatic rings. The summed E-state index contributed by atoms with van der Waals surface area (Å²) in [7, 11) is 0. The molecule has 1 atom stereocenters. The first kappa shape index (κ1) is 12.3. The smallest absolute Gasteiger partial charge is 0.315 e. The topological polar surface area (TPSA) is 50.4 Å². The molecular formula is C11H22N2O2. The zero-order chi connectivity index (χ0) is 11.1. The summed E-state index contributed by atoms with van der Waals surface area (Å²) in [6.07, 6.45) is 3.16. The molecule has 1 fully saturated rings. The highest BCUT2D eigenvalue weighted by atomic mass is 16.5. The van der Waals surface area contributed by atoms with Crippen LogP contribution in [0.5, 0.6) is 0 Å². The van der Waals surface area contributed by atoms with Crippen molar-refractivity contribution in [2.45, 2.75) is 39.2 Å². The Balaban J connectivity index is 2.12. The van der Waals surface area contributed by atoms with Crippen LogP contribution in [0.15, 0.2) is 0 Å². The molecule has 0 radical (unpaired) electrons. The third kappa shape index (κ3) is 4.51. The molecule has 0 aromatic heterocycles. The highest BCUT2D eigenvalue weighted by Gasteiger charge is 2.17. The fourth-order valence-corrected chi connectivity index (χ4v) is 1.70. The first-order chi connectivity index (χ1) is 7.26. The average Bonchev–Trinajstić information content (AvgIpc) is 2.72. The van der Waals surface area contributed by atoms with Crippen molar-refractivity contribution in [2.24, 2.45) is 5.92 Å². The Hall–Kier alpha value is -0.770. The summed E-state index contributed by atoms with van der Waals surface area (Å²) in [5, 5.41) is 5.81. The molecule has 15 heavy (non-hydrogen) atoms. The molecule has 0 aromatic carbocycles. The molecule has 0 aromatic rings. The number of ether oxygens (including phenoxy) is 1. The summed E-state index contributed by atoms with van der Waals surface area (Å²) >= 11 is 0. The molecule has 2 N–H and O–H groups in total. The fraction of sp³-hybridized carbons (Fsp3) is 0.909. The molecule has 1 aliphatic heterocycles. The largest absolute Gasteiger partial charge is 0.379 e. The molecule has 0 aliphatic carbocycles. The monoisotopic (exact) mass is 214 g/mol. The number of carbonyl (C=O) groups is 1. The van der Waals surface area contributed by atoms with E-state index in [0.717, 1.165) is 32.4 Å². The Morgan fingerprint density at radius 1 is 1.47 bits per heavy atom. The van der Waals surface area contributed by atoms with Crippen LogP contribution in [0.3, 0.4) is 0 Å². The van der Waals surface area contributed by atoms with Crippen molar-refractivity contribution in [2.75, 3.05) is 19.8 Å². The van der Waals surface area contributed by atoms with Gasteiger partial charge in [-0.15, -0.1) is 0 Å². The molecular weight excluding hydrogens is 192 g/mol. The molecule has 1 rings (SSSR count). The second-order valence-electron chi connectivity index (χ2n) is 4.10. The minimum absolute atomic E-state index is 0.0580. The van der Waals surface area contributed by atoms with Gasteiger partial charge in [0.1, 0.15) is 0 Å². The van der Waals surface area contributed by atoms with Crippen LogP contribution >= 0.6 is 0 Å². The minimum Gasteiger partial charge on any atom is -0.379 e. The van der Waals surface area contributed by atoms with E-state index in [2.05, 4.69) is 24.5 Å². The molecule has 1 saturated heterocycles. The SMILES string of the molecule is CCC(CC)CNC(=O)NC1CCOC1. The fourth-order valence-electron chi connectivity index (χ4n) is 1.70. The van der Waals surface area contributed by atoms with Gasteiger partial charge in [-0.05, 0) is 12.3 Å². The van der Waals surface area contributed by atoms with E-state index in [0.29, 0.717) is 12.5 Å². The van der Waals surface area contributed by atoms with Crippen molar-refractivity contribution in [1.29, 1.82) is 0 Å².